The van der Waals surface area contributed by atoms with Crippen molar-refractivity contribution >= 4 is 5.96 Å². The fraction of sp³-hybridized carbons (Fsp3) is 0.562. The Morgan fingerprint density at radius 3 is 2.45 bits per heavy atom. The summed E-state index contributed by atoms with van der Waals surface area (Å²) in [7, 11) is 3.49. The molecule has 0 saturated heterocycles. The van der Waals surface area contributed by atoms with Crippen LogP contribution in [0.3, 0.4) is 0 Å². The number of nitrogens with zero attached hydrogens (tertiary/aromatic N) is 1. The number of hydrogen-bond acceptors (Lipinski definition) is 2. The Kier molecular flexibility index (Phi) is 7.55. The zero-order valence-corrected chi connectivity index (χ0v) is 13.1. The minimum Gasteiger partial charge on any atom is -0.497 e. The Hall–Kier alpha value is -1.71. The highest BCUT2D eigenvalue weighted by atomic mass is 16.5. The monoisotopic (exact) mass is 277 g/mol. The molecular weight excluding hydrogens is 250 g/mol. The van der Waals surface area contributed by atoms with Gasteiger partial charge in [0, 0.05) is 20.1 Å². The highest BCUT2D eigenvalue weighted by Crippen LogP contribution is 2.12. The molecule has 0 spiro atoms. The van der Waals surface area contributed by atoms with Gasteiger partial charge in [0.1, 0.15) is 5.75 Å². The molecule has 0 fully saturated rings. The third kappa shape index (κ3) is 6.45. The van der Waals surface area contributed by atoms with E-state index in [2.05, 4.69) is 41.6 Å². The van der Waals surface area contributed by atoms with E-state index >= 15 is 0 Å². The van der Waals surface area contributed by atoms with E-state index in [0.29, 0.717) is 5.92 Å². The maximum atomic E-state index is 5.15. The number of guanidine groups is 1. The van der Waals surface area contributed by atoms with E-state index in [0.717, 1.165) is 37.6 Å². The van der Waals surface area contributed by atoms with E-state index in [4.69, 9.17) is 4.74 Å². The largest absolute Gasteiger partial charge is 0.497 e. The van der Waals surface area contributed by atoms with E-state index < -0.39 is 0 Å². The van der Waals surface area contributed by atoms with Gasteiger partial charge in [0.15, 0.2) is 5.96 Å². The van der Waals surface area contributed by atoms with Gasteiger partial charge in [0.25, 0.3) is 0 Å². The molecule has 112 valence electrons. The normalized spacial score (nSPS) is 11.6. The molecule has 0 aliphatic carbocycles. The molecule has 1 aromatic rings. The van der Waals surface area contributed by atoms with Crippen LogP contribution in [0.15, 0.2) is 29.3 Å². The van der Waals surface area contributed by atoms with Crippen LogP contribution in [0, 0.1) is 5.92 Å². The van der Waals surface area contributed by atoms with Crippen LogP contribution in [0.5, 0.6) is 5.75 Å². The zero-order valence-electron chi connectivity index (χ0n) is 13.1. The molecule has 2 N–H and O–H groups in total. The van der Waals surface area contributed by atoms with E-state index in [-0.39, 0.29) is 0 Å². The molecule has 0 aliphatic heterocycles. The van der Waals surface area contributed by atoms with Crippen molar-refractivity contribution in [2.75, 3.05) is 27.2 Å². The van der Waals surface area contributed by atoms with Crippen molar-refractivity contribution in [2.24, 2.45) is 10.9 Å². The van der Waals surface area contributed by atoms with Gasteiger partial charge in [-0.3, -0.25) is 4.99 Å². The van der Waals surface area contributed by atoms with Crippen molar-refractivity contribution in [3.63, 3.8) is 0 Å². The molecule has 0 aromatic heterocycles. The average Bonchev–Trinajstić information content (AvgIpc) is 2.47. The average molecular weight is 277 g/mol. The summed E-state index contributed by atoms with van der Waals surface area (Å²) in [5.41, 5.74) is 1.33. The van der Waals surface area contributed by atoms with Crippen LogP contribution in [-0.4, -0.2) is 33.2 Å². The number of aryl methyl sites for hydroxylation is 1. The maximum absolute atomic E-state index is 5.15. The third-order valence-electron chi connectivity index (χ3n) is 3.00. The summed E-state index contributed by atoms with van der Waals surface area (Å²) in [5, 5.41) is 6.64. The Bertz CT molecular complexity index is 399. The summed E-state index contributed by atoms with van der Waals surface area (Å²) >= 11 is 0. The highest BCUT2D eigenvalue weighted by molar-refractivity contribution is 5.79. The predicted octanol–water partition coefficient (Wildman–Crippen LogP) is 2.45. The molecule has 0 unspecified atom stereocenters. The number of benzene rings is 1. The van der Waals surface area contributed by atoms with Crippen molar-refractivity contribution in [2.45, 2.75) is 26.7 Å². The third-order valence-corrected chi connectivity index (χ3v) is 3.00. The van der Waals surface area contributed by atoms with Crippen molar-refractivity contribution in [1.29, 1.82) is 0 Å². The zero-order chi connectivity index (χ0) is 14.8. The molecule has 0 heterocycles. The quantitative estimate of drug-likeness (QED) is 0.457. The summed E-state index contributed by atoms with van der Waals surface area (Å²) in [6, 6.07) is 8.24. The molecule has 4 nitrogen and oxygen atoms in total. The lowest BCUT2D eigenvalue weighted by molar-refractivity contribution is 0.414. The van der Waals surface area contributed by atoms with Crippen LogP contribution >= 0.6 is 0 Å². The molecule has 0 amide bonds. The van der Waals surface area contributed by atoms with Gasteiger partial charge in [0.2, 0.25) is 0 Å². The van der Waals surface area contributed by atoms with Crippen molar-refractivity contribution in [3.05, 3.63) is 29.8 Å². The summed E-state index contributed by atoms with van der Waals surface area (Å²) in [4.78, 5) is 4.21. The lowest BCUT2D eigenvalue weighted by Gasteiger charge is -2.13. The van der Waals surface area contributed by atoms with E-state index in [1.54, 1.807) is 14.2 Å². The molecule has 0 bridgehead atoms. The molecule has 4 heteroatoms. The Morgan fingerprint density at radius 1 is 1.20 bits per heavy atom. The van der Waals surface area contributed by atoms with Gasteiger partial charge in [-0.05, 0) is 36.5 Å². The van der Waals surface area contributed by atoms with E-state index in [1.807, 2.05) is 12.1 Å². The molecule has 0 atom stereocenters. The van der Waals surface area contributed by atoms with Gasteiger partial charge >= 0.3 is 0 Å². The van der Waals surface area contributed by atoms with E-state index in [1.165, 1.54) is 5.56 Å². The number of methoxy groups -OCH3 is 1. The Labute approximate surface area is 122 Å². The first-order valence-electron chi connectivity index (χ1n) is 7.23. The molecule has 1 rings (SSSR count). The fourth-order valence-corrected chi connectivity index (χ4v) is 1.81. The standard InChI is InChI=1S/C16H27N3O/c1-13(2)12-19-16(17-3)18-11-5-6-14-7-9-15(20-4)10-8-14/h7-10,13H,5-6,11-12H2,1-4H3,(H2,17,18,19). The number of aliphatic imine (C=N–C) groups is 1. The fourth-order valence-electron chi connectivity index (χ4n) is 1.81. The molecular formula is C16H27N3O. The highest BCUT2D eigenvalue weighted by Gasteiger charge is 1.99. The van der Waals surface area contributed by atoms with Crippen LogP contribution in [-0.2, 0) is 6.42 Å². The van der Waals surface area contributed by atoms with E-state index in [9.17, 15) is 0 Å². The summed E-state index contributed by atoms with van der Waals surface area (Å²) in [6.07, 6.45) is 2.13. The first kappa shape index (κ1) is 16.3. The van der Waals surface area contributed by atoms with Gasteiger partial charge in [-0.25, -0.2) is 0 Å². The predicted molar refractivity (Wildman–Crippen MR) is 85.5 cm³/mol. The minimum absolute atomic E-state index is 0.618. The van der Waals surface area contributed by atoms with Crippen LogP contribution in [0.2, 0.25) is 0 Å². The molecule has 20 heavy (non-hydrogen) atoms. The second kappa shape index (κ2) is 9.23. The number of rotatable bonds is 7. The van der Waals surface area contributed by atoms with Crippen molar-refractivity contribution < 1.29 is 4.74 Å². The van der Waals surface area contributed by atoms with Gasteiger partial charge in [-0.15, -0.1) is 0 Å². The van der Waals surface area contributed by atoms with Gasteiger partial charge < -0.3 is 15.4 Å². The second-order valence-corrected chi connectivity index (χ2v) is 5.23. The maximum Gasteiger partial charge on any atom is 0.190 e. The molecule has 0 saturated carbocycles. The lowest BCUT2D eigenvalue weighted by Crippen LogP contribution is -2.39. The van der Waals surface area contributed by atoms with Crippen LogP contribution in [0.25, 0.3) is 0 Å². The minimum atomic E-state index is 0.618. The van der Waals surface area contributed by atoms with Crippen LogP contribution < -0.4 is 15.4 Å². The van der Waals surface area contributed by atoms with Crippen LogP contribution in [0.1, 0.15) is 25.8 Å². The molecule has 1 aromatic carbocycles. The van der Waals surface area contributed by atoms with Gasteiger partial charge in [0.05, 0.1) is 7.11 Å². The first-order chi connectivity index (χ1) is 9.65. The number of hydrogen-bond donors (Lipinski definition) is 2. The Balaban J connectivity index is 2.22. The summed E-state index contributed by atoms with van der Waals surface area (Å²) < 4.78 is 5.15. The van der Waals surface area contributed by atoms with Gasteiger partial charge in [-0.2, -0.15) is 0 Å². The lowest BCUT2D eigenvalue weighted by atomic mass is 10.1. The number of nitrogens with one attached hydrogen (secondary N) is 2. The SMILES string of the molecule is CN=C(NCCCc1ccc(OC)cc1)NCC(C)C. The smallest absolute Gasteiger partial charge is 0.190 e. The Morgan fingerprint density at radius 2 is 1.90 bits per heavy atom. The summed E-state index contributed by atoms with van der Waals surface area (Å²) in [6.45, 7) is 6.23. The van der Waals surface area contributed by atoms with Crippen LogP contribution in [0.4, 0.5) is 0 Å². The topological polar surface area (TPSA) is 45.7 Å². The van der Waals surface area contributed by atoms with Crippen molar-refractivity contribution in [3.8, 4) is 5.75 Å². The van der Waals surface area contributed by atoms with Crippen molar-refractivity contribution in [1.82, 2.24) is 10.6 Å². The molecule has 0 radical (unpaired) electrons. The summed E-state index contributed by atoms with van der Waals surface area (Å²) in [5.74, 6) is 2.41. The van der Waals surface area contributed by atoms with Gasteiger partial charge in [-0.1, -0.05) is 26.0 Å². The first-order valence-corrected chi connectivity index (χ1v) is 7.23. The molecule has 0 aliphatic rings. The second-order valence-electron chi connectivity index (χ2n) is 5.23. The number of ether oxygens (including phenoxy) is 1.